The summed E-state index contributed by atoms with van der Waals surface area (Å²) in [7, 11) is 0. The number of carbonyl (C=O) groups excluding carboxylic acids is 2. The van der Waals surface area contributed by atoms with E-state index in [0.717, 1.165) is 22.6 Å². The molecule has 172 valence electrons. The summed E-state index contributed by atoms with van der Waals surface area (Å²) in [6.45, 7) is 5.29. The van der Waals surface area contributed by atoms with Crippen molar-refractivity contribution in [3.05, 3.63) is 74.0 Å². The Bertz CT molecular complexity index is 1180. The molecule has 2 amide bonds. The first-order valence-electron chi connectivity index (χ1n) is 10.3. The Kier molecular flexibility index (Phi) is 6.40. The fraction of sp³-hybridized carbons (Fsp3) is 0.318. The third-order valence-electron chi connectivity index (χ3n) is 5.51. The van der Waals surface area contributed by atoms with Gasteiger partial charge in [-0.2, -0.15) is 0 Å². The lowest BCUT2D eigenvalue weighted by Crippen LogP contribution is -2.50. The van der Waals surface area contributed by atoms with Crippen molar-refractivity contribution >= 4 is 28.2 Å². The zero-order chi connectivity index (χ0) is 23.5. The zero-order valence-electron chi connectivity index (χ0n) is 18.1. The Morgan fingerprint density at radius 3 is 2.36 bits per heavy atom. The van der Waals surface area contributed by atoms with Crippen LogP contribution < -0.4 is 4.74 Å². The fourth-order valence-electron chi connectivity index (χ4n) is 3.61. The number of para-hydroxylation sites is 1. The van der Waals surface area contributed by atoms with E-state index in [1.807, 2.05) is 13.8 Å². The molecule has 1 fully saturated rings. The Hall–Kier alpha value is -3.73. The van der Waals surface area contributed by atoms with Crippen LogP contribution in [0.2, 0.25) is 0 Å². The van der Waals surface area contributed by atoms with E-state index < -0.39 is 4.92 Å². The molecule has 11 heteroatoms. The van der Waals surface area contributed by atoms with Gasteiger partial charge in [-0.3, -0.25) is 19.7 Å². The molecule has 1 aliphatic rings. The Labute approximate surface area is 193 Å². The molecule has 1 saturated heterocycles. The summed E-state index contributed by atoms with van der Waals surface area (Å²) in [5, 5.41) is 14.7. The summed E-state index contributed by atoms with van der Waals surface area (Å²) in [4.78, 5) is 39.8. The van der Waals surface area contributed by atoms with Gasteiger partial charge in [0.1, 0.15) is 18.1 Å². The average molecular weight is 471 g/mol. The van der Waals surface area contributed by atoms with Crippen LogP contribution in [0.5, 0.6) is 5.75 Å². The van der Waals surface area contributed by atoms with E-state index >= 15 is 0 Å². The second kappa shape index (κ2) is 9.41. The number of amides is 2. The van der Waals surface area contributed by atoms with Crippen LogP contribution in [-0.4, -0.2) is 57.9 Å². The fourth-order valence-corrected chi connectivity index (χ4v) is 4.40. The number of aryl methyl sites for hydroxylation is 2. The monoisotopic (exact) mass is 470 g/mol. The van der Waals surface area contributed by atoms with Gasteiger partial charge in [-0.15, -0.1) is 0 Å². The molecule has 0 atom stereocenters. The predicted molar refractivity (Wildman–Crippen MR) is 120 cm³/mol. The maximum absolute atomic E-state index is 13.2. The number of nitro groups is 1. The summed E-state index contributed by atoms with van der Waals surface area (Å²) in [6.07, 6.45) is 0. The molecule has 2 aromatic heterocycles. The van der Waals surface area contributed by atoms with Gasteiger partial charge >= 0.3 is 5.00 Å². The predicted octanol–water partition coefficient (Wildman–Crippen LogP) is 3.44. The van der Waals surface area contributed by atoms with Gasteiger partial charge in [0.2, 0.25) is 0 Å². The molecule has 4 rings (SSSR count). The molecule has 0 spiro atoms. The molecule has 3 heterocycles. The van der Waals surface area contributed by atoms with Crippen LogP contribution in [0.25, 0.3) is 0 Å². The van der Waals surface area contributed by atoms with Crippen molar-refractivity contribution < 1.29 is 23.8 Å². The number of benzene rings is 1. The van der Waals surface area contributed by atoms with Crippen LogP contribution >= 0.6 is 11.3 Å². The minimum absolute atomic E-state index is 0.0691. The van der Waals surface area contributed by atoms with Gasteiger partial charge in [-0.25, -0.2) is 0 Å². The maximum atomic E-state index is 13.2. The molecule has 0 saturated carbocycles. The third kappa shape index (κ3) is 4.72. The molecule has 0 radical (unpaired) electrons. The Morgan fingerprint density at radius 2 is 1.76 bits per heavy atom. The lowest BCUT2D eigenvalue weighted by Gasteiger charge is -2.34. The largest absolute Gasteiger partial charge is 0.488 e. The van der Waals surface area contributed by atoms with E-state index in [1.54, 1.807) is 34.1 Å². The highest BCUT2D eigenvalue weighted by Crippen LogP contribution is 2.26. The van der Waals surface area contributed by atoms with E-state index in [1.165, 1.54) is 12.1 Å². The molecule has 0 N–H and O–H groups in total. The van der Waals surface area contributed by atoms with Gasteiger partial charge < -0.3 is 19.1 Å². The average Bonchev–Trinajstić information content (AvgIpc) is 3.44. The van der Waals surface area contributed by atoms with E-state index in [9.17, 15) is 19.7 Å². The molecular weight excluding hydrogens is 448 g/mol. The van der Waals surface area contributed by atoms with Crippen LogP contribution in [0.15, 0.2) is 40.9 Å². The first-order valence-corrected chi connectivity index (χ1v) is 11.1. The van der Waals surface area contributed by atoms with Crippen molar-refractivity contribution in [1.29, 1.82) is 0 Å². The first-order chi connectivity index (χ1) is 15.8. The lowest BCUT2D eigenvalue weighted by atomic mass is 10.1. The standard InChI is InChI=1S/C22H22N4O6S/c1-14-17(15(2)32-23-14)13-31-18-6-4-3-5-16(18)21(27)24-9-11-25(12-10-24)22(28)19-7-8-20(33-19)26(29)30/h3-8H,9-13H2,1-2H3. The van der Waals surface area contributed by atoms with Gasteiger partial charge in [-0.1, -0.05) is 28.6 Å². The van der Waals surface area contributed by atoms with E-state index in [0.29, 0.717) is 48.1 Å². The van der Waals surface area contributed by atoms with Gasteiger partial charge in [0, 0.05) is 32.2 Å². The SMILES string of the molecule is Cc1noc(C)c1COc1ccccc1C(=O)N1CCN(C(=O)c2ccc([N+](=O)[O-])s2)CC1. The highest BCUT2D eigenvalue weighted by atomic mass is 32.1. The lowest BCUT2D eigenvalue weighted by molar-refractivity contribution is -0.380. The number of carbonyl (C=O) groups is 2. The molecule has 1 aromatic carbocycles. The number of piperazine rings is 1. The smallest absolute Gasteiger partial charge is 0.324 e. The molecule has 0 bridgehead atoms. The molecule has 0 aliphatic carbocycles. The normalized spacial score (nSPS) is 13.8. The number of aromatic nitrogens is 1. The Balaban J connectivity index is 1.39. The highest BCUT2D eigenvalue weighted by Gasteiger charge is 2.28. The number of hydrogen-bond donors (Lipinski definition) is 0. The molecule has 1 aliphatic heterocycles. The second-order valence-electron chi connectivity index (χ2n) is 7.57. The molecule has 33 heavy (non-hydrogen) atoms. The van der Waals surface area contributed by atoms with Crippen molar-refractivity contribution in [1.82, 2.24) is 15.0 Å². The number of ether oxygens (including phenoxy) is 1. The zero-order valence-corrected chi connectivity index (χ0v) is 19.0. The van der Waals surface area contributed by atoms with Crippen molar-refractivity contribution in [2.24, 2.45) is 0 Å². The second-order valence-corrected chi connectivity index (χ2v) is 8.63. The van der Waals surface area contributed by atoms with Gasteiger partial charge in [0.15, 0.2) is 0 Å². The van der Waals surface area contributed by atoms with Gasteiger partial charge in [0.05, 0.1) is 26.6 Å². The van der Waals surface area contributed by atoms with Crippen molar-refractivity contribution in [3.8, 4) is 5.75 Å². The van der Waals surface area contributed by atoms with Crippen LogP contribution in [0, 0.1) is 24.0 Å². The maximum Gasteiger partial charge on any atom is 0.324 e. The summed E-state index contributed by atoms with van der Waals surface area (Å²) in [5.41, 5.74) is 2.03. The quantitative estimate of drug-likeness (QED) is 0.400. The number of nitrogens with zero attached hydrogens (tertiary/aromatic N) is 4. The summed E-state index contributed by atoms with van der Waals surface area (Å²) in [5.74, 6) is 0.701. The van der Waals surface area contributed by atoms with E-state index in [4.69, 9.17) is 9.26 Å². The molecule has 3 aromatic rings. The van der Waals surface area contributed by atoms with E-state index in [2.05, 4.69) is 5.16 Å². The van der Waals surface area contributed by atoms with Crippen molar-refractivity contribution in [2.75, 3.05) is 26.2 Å². The van der Waals surface area contributed by atoms with Gasteiger partial charge in [0.25, 0.3) is 11.8 Å². The van der Waals surface area contributed by atoms with Crippen LogP contribution in [-0.2, 0) is 6.61 Å². The van der Waals surface area contributed by atoms with Crippen LogP contribution in [0.4, 0.5) is 5.00 Å². The van der Waals surface area contributed by atoms with Crippen LogP contribution in [0.1, 0.15) is 37.0 Å². The van der Waals surface area contributed by atoms with Crippen molar-refractivity contribution in [3.63, 3.8) is 0 Å². The summed E-state index contributed by atoms with van der Waals surface area (Å²) < 4.78 is 11.1. The third-order valence-corrected chi connectivity index (χ3v) is 6.53. The first kappa shape index (κ1) is 22.5. The van der Waals surface area contributed by atoms with Crippen LogP contribution in [0.3, 0.4) is 0 Å². The van der Waals surface area contributed by atoms with Crippen molar-refractivity contribution in [2.45, 2.75) is 20.5 Å². The number of thiophene rings is 1. The topological polar surface area (TPSA) is 119 Å². The minimum Gasteiger partial charge on any atom is -0.488 e. The summed E-state index contributed by atoms with van der Waals surface area (Å²) in [6, 6.07) is 9.84. The minimum atomic E-state index is -0.511. The number of hydrogen-bond acceptors (Lipinski definition) is 8. The molecular formula is C22H22N4O6S. The number of rotatable bonds is 6. The Morgan fingerprint density at radius 1 is 1.09 bits per heavy atom. The van der Waals surface area contributed by atoms with Gasteiger partial charge in [-0.05, 0) is 32.0 Å². The summed E-state index contributed by atoms with van der Waals surface area (Å²) >= 11 is 0.856. The highest BCUT2D eigenvalue weighted by molar-refractivity contribution is 7.17. The van der Waals surface area contributed by atoms with E-state index in [-0.39, 0.29) is 23.4 Å². The molecule has 0 unspecified atom stereocenters. The molecule has 10 nitrogen and oxygen atoms in total.